The van der Waals surface area contributed by atoms with Gasteiger partial charge in [-0.05, 0) is 31.3 Å². The van der Waals surface area contributed by atoms with E-state index in [2.05, 4.69) is 9.79 Å². The summed E-state index contributed by atoms with van der Waals surface area (Å²) in [7, 11) is 3.20. The lowest BCUT2D eigenvalue weighted by Crippen LogP contribution is -2.43. The van der Waals surface area contributed by atoms with E-state index in [1.165, 1.54) is 28.9 Å². The fraction of sp³-hybridized carbons (Fsp3) is 0.312. The second kappa shape index (κ2) is 6.56. The number of nitrogens with two attached hydrogens (primary N) is 1. The third kappa shape index (κ3) is 3.02. The predicted octanol–water partition coefficient (Wildman–Crippen LogP) is -1.56. The minimum atomic E-state index is -0.715. The number of nitrogens with zero attached hydrogens (tertiary/aromatic N) is 4. The van der Waals surface area contributed by atoms with Crippen molar-refractivity contribution < 1.29 is 28.7 Å². The summed E-state index contributed by atoms with van der Waals surface area (Å²) in [6.07, 6.45) is -0.0178. The maximum atomic E-state index is 12.7. The number of likely N-dealkylation sites (N-methyl/N-ethyl adjacent to an activating group) is 1. The maximum Gasteiger partial charge on any atom is 0.251 e. The highest BCUT2D eigenvalue weighted by Crippen LogP contribution is 2.26. The first kappa shape index (κ1) is 17.5. The Morgan fingerprint density at radius 2 is 2.08 bits per heavy atom. The van der Waals surface area contributed by atoms with Gasteiger partial charge in [0.05, 0.1) is 30.0 Å². The molecule has 1 saturated heterocycles. The molecule has 0 saturated carbocycles. The van der Waals surface area contributed by atoms with Crippen molar-refractivity contribution in [1.29, 1.82) is 0 Å². The summed E-state index contributed by atoms with van der Waals surface area (Å²) in [5.41, 5.74) is 6.11. The lowest BCUT2D eigenvalue weighted by atomic mass is 10.2. The van der Waals surface area contributed by atoms with Gasteiger partial charge in [0.2, 0.25) is 17.5 Å². The molecule has 1 aromatic heterocycles. The summed E-state index contributed by atoms with van der Waals surface area (Å²) in [5.74, 6) is -1.95. The number of rotatable bonds is 5. The van der Waals surface area contributed by atoms with E-state index in [0.29, 0.717) is 5.69 Å². The number of anilines is 1. The van der Waals surface area contributed by atoms with Gasteiger partial charge in [-0.15, -0.1) is 0 Å². The Balaban J connectivity index is 1.79. The summed E-state index contributed by atoms with van der Waals surface area (Å²) < 4.78 is 5.85. The normalized spacial score (nSPS) is 17.3. The number of aryl methyl sites for hydroxylation is 1. The first-order chi connectivity index (χ1) is 12.3. The van der Waals surface area contributed by atoms with Gasteiger partial charge in [0.1, 0.15) is 0 Å². The number of hydrogen-bond acceptors (Lipinski definition) is 7. The largest absolute Gasteiger partial charge is 0.539 e. The van der Waals surface area contributed by atoms with E-state index in [1.807, 2.05) is 0 Å². The number of carbonyl (C=O) groups is 3. The van der Waals surface area contributed by atoms with Crippen LogP contribution in [0.15, 0.2) is 28.8 Å². The van der Waals surface area contributed by atoms with E-state index >= 15 is 0 Å². The fourth-order valence-corrected chi connectivity index (χ4v) is 2.85. The molecule has 136 valence electrons. The van der Waals surface area contributed by atoms with E-state index < -0.39 is 23.8 Å². The van der Waals surface area contributed by atoms with Crippen molar-refractivity contribution in [1.82, 2.24) is 10.2 Å². The quantitative estimate of drug-likeness (QED) is 0.503. The molecule has 1 fully saturated rings. The zero-order chi connectivity index (χ0) is 19.0. The molecular weight excluding hydrogens is 342 g/mol. The predicted molar refractivity (Wildman–Crippen MR) is 84.4 cm³/mol. The van der Waals surface area contributed by atoms with Crippen LogP contribution in [-0.4, -0.2) is 41.0 Å². The molecule has 10 nitrogen and oxygen atoms in total. The Hall–Kier alpha value is -3.27. The molecule has 0 spiro atoms. The molecule has 2 aromatic rings. The molecule has 1 aromatic carbocycles. The highest BCUT2D eigenvalue weighted by atomic mass is 16.6. The Morgan fingerprint density at radius 1 is 1.42 bits per heavy atom. The van der Waals surface area contributed by atoms with E-state index in [1.54, 1.807) is 19.0 Å². The molecule has 0 aliphatic carbocycles. The van der Waals surface area contributed by atoms with Gasteiger partial charge in [0, 0.05) is 5.56 Å². The molecule has 10 heteroatoms. The van der Waals surface area contributed by atoms with Crippen molar-refractivity contribution in [2.24, 2.45) is 12.8 Å². The van der Waals surface area contributed by atoms with E-state index in [0.717, 1.165) is 4.90 Å². The third-order valence-electron chi connectivity index (χ3n) is 4.34. The van der Waals surface area contributed by atoms with Crippen LogP contribution >= 0.6 is 0 Å². The summed E-state index contributed by atoms with van der Waals surface area (Å²) in [6, 6.07) is 5.18. The summed E-state index contributed by atoms with van der Waals surface area (Å²) in [5, 5.41) is 15.1. The van der Waals surface area contributed by atoms with E-state index in [9.17, 15) is 19.5 Å². The topological polar surface area (TPSA) is 137 Å². The monoisotopic (exact) mass is 359 g/mol. The number of amides is 3. The van der Waals surface area contributed by atoms with Gasteiger partial charge in [-0.2, -0.15) is 0 Å². The standard InChI is InChI=1S/C16H17N5O5/c1-19(8-12-16(25)26-18-20(12)2)11-7-13(22)21(15(11)24)10-5-3-9(4-6-10)14(17)23/h3-6,11H,7-8H2,1-2H3,(H2-,17,18,23,25). The molecule has 1 aliphatic rings. The SMILES string of the molecule is CN(Cc1c([O-])on[n+]1C)C1CC(=O)N(c2ccc(C(N)=O)cc2)C1=O. The highest BCUT2D eigenvalue weighted by molar-refractivity contribution is 6.22. The van der Waals surface area contributed by atoms with Crippen LogP contribution in [0, 0.1) is 0 Å². The number of benzene rings is 1. The van der Waals surface area contributed by atoms with Crippen molar-refractivity contribution in [2.45, 2.75) is 19.0 Å². The van der Waals surface area contributed by atoms with Crippen LogP contribution < -0.4 is 20.4 Å². The Bertz CT molecular complexity index is 856. The average Bonchev–Trinajstić information content (AvgIpc) is 3.08. The van der Waals surface area contributed by atoms with Crippen molar-refractivity contribution in [3.05, 3.63) is 35.5 Å². The number of aromatic nitrogens is 2. The van der Waals surface area contributed by atoms with Crippen molar-refractivity contribution in [2.75, 3.05) is 11.9 Å². The van der Waals surface area contributed by atoms with Crippen LogP contribution in [-0.2, 0) is 23.2 Å². The zero-order valence-corrected chi connectivity index (χ0v) is 14.2. The van der Waals surface area contributed by atoms with Gasteiger partial charge >= 0.3 is 0 Å². The fourth-order valence-electron chi connectivity index (χ4n) is 2.85. The molecule has 1 aliphatic heterocycles. The number of primary amides is 1. The van der Waals surface area contributed by atoms with Crippen molar-refractivity contribution >= 4 is 23.4 Å². The molecule has 0 radical (unpaired) electrons. The maximum absolute atomic E-state index is 12.7. The van der Waals surface area contributed by atoms with Crippen LogP contribution in [0.2, 0.25) is 0 Å². The molecule has 3 amide bonds. The zero-order valence-electron chi connectivity index (χ0n) is 14.2. The molecule has 1 atom stereocenters. The van der Waals surface area contributed by atoms with Gasteiger partial charge in [0.15, 0.2) is 13.0 Å². The number of carbonyl (C=O) groups excluding carboxylic acids is 3. The molecule has 3 rings (SSSR count). The van der Waals surface area contributed by atoms with Gasteiger partial charge in [-0.3, -0.25) is 19.3 Å². The Labute approximate surface area is 148 Å². The van der Waals surface area contributed by atoms with Gasteiger partial charge in [-0.1, -0.05) is 4.68 Å². The van der Waals surface area contributed by atoms with Crippen LogP contribution in [0.1, 0.15) is 22.5 Å². The summed E-state index contributed by atoms with van der Waals surface area (Å²) in [4.78, 5) is 38.9. The van der Waals surface area contributed by atoms with Gasteiger partial charge in [-0.25, -0.2) is 4.90 Å². The second-order valence-electron chi connectivity index (χ2n) is 6.04. The minimum Gasteiger partial charge on any atom is -0.539 e. The lowest BCUT2D eigenvalue weighted by molar-refractivity contribution is -0.747. The van der Waals surface area contributed by atoms with E-state index in [4.69, 9.17) is 5.73 Å². The van der Waals surface area contributed by atoms with Crippen LogP contribution in [0.3, 0.4) is 0 Å². The first-order valence-electron chi connectivity index (χ1n) is 7.78. The first-order valence-corrected chi connectivity index (χ1v) is 7.78. The Kier molecular flexibility index (Phi) is 4.43. The molecular formula is C16H17N5O5. The summed E-state index contributed by atoms with van der Waals surface area (Å²) in [6.45, 7) is 0.108. The van der Waals surface area contributed by atoms with Crippen molar-refractivity contribution in [3.63, 3.8) is 0 Å². The molecule has 0 bridgehead atoms. The molecule has 1 unspecified atom stereocenters. The highest BCUT2D eigenvalue weighted by Gasteiger charge is 2.42. The number of hydrogen-bond donors (Lipinski definition) is 1. The second-order valence-corrected chi connectivity index (χ2v) is 6.04. The van der Waals surface area contributed by atoms with Crippen LogP contribution in [0.25, 0.3) is 0 Å². The number of imide groups is 1. The Morgan fingerprint density at radius 3 is 2.62 bits per heavy atom. The van der Waals surface area contributed by atoms with Crippen molar-refractivity contribution in [3.8, 4) is 5.95 Å². The summed E-state index contributed by atoms with van der Waals surface area (Å²) >= 11 is 0. The molecule has 2 N–H and O–H groups in total. The lowest BCUT2D eigenvalue weighted by Gasteiger charge is -2.21. The molecule has 2 heterocycles. The van der Waals surface area contributed by atoms with E-state index in [-0.39, 0.29) is 30.1 Å². The minimum absolute atomic E-state index is 0.0178. The third-order valence-corrected chi connectivity index (χ3v) is 4.34. The smallest absolute Gasteiger partial charge is 0.251 e. The molecule has 26 heavy (non-hydrogen) atoms. The average molecular weight is 359 g/mol. The van der Waals surface area contributed by atoms with Gasteiger partial charge in [0.25, 0.3) is 5.91 Å². The van der Waals surface area contributed by atoms with Crippen LogP contribution in [0.4, 0.5) is 5.69 Å². The van der Waals surface area contributed by atoms with Crippen LogP contribution in [0.5, 0.6) is 5.95 Å². The van der Waals surface area contributed by atoms with Gasteiger partial charge < -0.3 is 15.4 Å².